The third-order valence-electron chi connectivity index (χ3n) is 4.84. The molecule has 4 bridgehead atoms. The second-order valence-corrected chi connectivity index (χ2v) is 8.98. The Morgan fingerprint density at radius 2 is 1.82 bits per heavy atom. The van der Waals surface area contributed by atoms with Crippen LogP contribution in [0.5, 0.6) is 17.2 Å². The minimum Gasteiger partial charge on any atom is -0.505 e. The molecule has 172 valence electrons. The summed E-state index contributed by atoms with van der Waals surface area (Å²) in [6.07, 6.45) is 0. The molecule has 0 radical (unpaired) electrons. The van der Waals surface area contributed by atoms with Gasteiger partial charge in [0, 0.05) is 17.2 Å². The first-order valence-electron chi connectivity index (χ1n) is 9.53. The molecule has 8 nitrogen and oxygen atoms in total. The summed E-state index contributed by atoms with van der Waals surface area (Å²) in [5.74, 6) is -2.09. The van der Waals surface area contributed by atoms with Crippen LogP contribution in [0.15, 0.2) is 53.4 Å². The highest BCUT2D eigenvalue weighted by Gasteiger charge is 2.26. The van der Waals surface area contributed by atoms with Gasteiger partial charge in [-0.05, 0) is 24.3 Å². The molecular formula is C22H17ClFNO7S. The van der Waals surface area contributed by atoms with E-state index in [1.54, 1.807) is 24.3 Å². The number of halogens is 2. The Bertz CT molecular complexity index is 1360. The van der Waals surface area contributed by atoms with Gasteiger partial charge in [0.15, 0.2) is 11.6 Å². The van der Waals surface area contributed by atoms with E-state index in [4.69, 9.17) is 25.8 Å². The number of phenolic OH excluding ortho intramolecular Hbond substituents is 1. The number of cyclic esters (lactones) is 1. The third-order valence-corrected chi connectivity index (χ3v) is 6.51. The van der Waals surface area contributed by atoms with Crippen LogP contribution in [0.1, 0.15) is 10.4 Å². The van der Waals surface area contributed by atoms with Crippen molar-refractivity contribution in [1.29, 1.82) is 0 Å². The Balaban J connectivity index is 1.95. The number of rotatable bonds is 1. The van der Waals surface area contributed by atoms with E-state index in [0.29, 0.717) is 16.9 Å². The number of para-hydroxylation sites is 1. The fourth-order valence-electron chi connectivity index (χ4n) is 3.29. The summed E-state index contributed by atoms with van der Waals surface area (Å²) in [5, 5.41) is 9.85. The van der Waals surface area contributed by atoms with Gasteiger partial charge >= 0.3 is 5.97 Å². The molecule has 1 aliphatic heterocycles. The van der Waals surface area contributed by atoms with Crippen molar-refractivity contribution < 1.29 is 36.9 Å². The molecule has 3 aromatic carbocycles. The summed E-state index contributed by atoms with van der Waals surface area (Å²) < 4.78 is 59.2. The maximum atomic E-state index is 14.8. The molecule has 11 heteroatoms. The number of fused-ring (bicyclic) bond motifs is 6. The Morgan fingerprint density at radius 3 is 2.58 bits per heavy atom. The van der Waals surface area contributed by atoms with Crippen molar-refractivity contribution in [2.45, 2.75) is 4.90 Å². The maximum Gasteiger partial charge on any atom is 0.338 e. The molecule has 1 aliphatic rings. The van der Waals surface area contributed by atoms with Crippen molar-refractivity contribution in [3.63, 3.8) is 0 Å². The van der Waals surface area contributed by atoms with E-state index < -0.39 is 43.2 Å². The van der Waals surface area contributed by atoms with Crippen LogP contribution in [-0.4, -0.2) is 39.8 Å². The number of nitrogens with one attached hydrogen (secondary N) is 1. The molecule has 33 heavy (non-hydrogen) atoms. The van der Waals surface area contributed by atoms with Crippen LogP contribution < -0.4 is 14.2 Å². The largest absolute Gasteiger partial charge is 0.505 e. The average molecular weight is 494 g/mol. The summed E-state index contributed by atoms with van der Waals surface area (Å²) in [5.41, 5.74) is 0.195. The van der Waals surface area contributed by atoms with E-state index in [1.807, 2.05) is 0 Å². The molecule has 0 unspecified atom stereocenters. The van der Waals surface area contributed by atoms with Gasteiger partial charge in [-0.2, -0.15) is 0 Å². The number of anilines is 1. The molecule has 0 amide bonds. The monoisotopic (exact) mass is 493 g/mol. The first kappa shape index (κ1) is 22.7. The van der Waals surface area contributed by atoms with Crippen LogP contribution in [0.4, 0.5) is 10.1 Å². The Hall–Kier alpha value is -3.50. The van der Waals surface area contributed by atoms with Crippen molar-refractivity contribution in [3.05, 3.63) is 64.9 Å². The summed E-state index contributed by atoms with van der Waals surface area (Å²) in [6.45, 7) is -0.174. The second kappa shape index (κ2) is 8.80. The fourth-order valence-corrected chi connectivity index (χ4v) is 4.77. The summed E-state index contributed by atoms with van der Waals surface area (Å²) in [4.78, 5) is 11.7. The maximum absolute atomic E-state index is 14.8. The predicted octanol–water partition coefficient (Wildman–Crippen LogP) is 4.21. The predicted molar refractivity (Wildman–Crippen MR) is 118 cm³/mol. The molecule has 0 saturated carbocycles. The van der Waals surface area contributed by atoms with E-state index in [0.717, 1.165) is 18.2 Å². The highest BCUT2D eigenvalue weighted by atomic mass is 35.5. The average Bonchev–Trinajstić information content (AvgIpc) is 2.79. The number of hydrogen-bond donors (Lipinski definition) is 2. The van der Waals surface area contributed by atoms with Crippen molar-refractivity contribution in [1.82, 2.24) is 0 Å². The lowest BCUT2D eigenvalue weighted by Crippen LogP contribution is -2.16. The van der Waals surface area contributed by atoms with Crippen molar-refractivity contribution >= 4 is 33.3 Å². The molecule has 0 aliphatic carbocycles. The molecule has 0 atom stereocenters. The van der Waals surface area contributed by atoms with Crippen molar-refractivity contribution in [2.75, 3.05) is 25.0 Å². The zero-order valence-corrected chi connectivity index (χ0v) is 18.7. The molecular weight excluding hydrogens is 477 g/mol. The van der Waals surface area contributed by atoms with Crippen molar-refractivity contribution in [3.8, 4) is 28.4 Å². The SMILES string of the molecule is COc1cc(F)c2cc1-c1ccccc1OCCOC(=O)c1cc(Cl)c(O)c(c1)S(=O)(=O)N2. The quantitative estimate of drug-likeness (QED) is 0.488. The Labute approximate surface area is 193 Å². The Kier molecular flexibility index (Phi) is 6.05. The number of hydrogen-bond acceptors (Lipinski definition) is 7. The number of carbonyl (C=O) groups excluding carboxylic acids is 1. The zero-order valence-electron chi connectivity index (χ0n) is 17.1. The van der Waals surface area contributed by atoms with E-state index in [1.165, 1.54) is 13.2 Å². The first-order chi connectivity index (χ1) is 15.7. The topological polar surface area (TPSA) is 111 Å². The lowest BCUT2D eigenvalue weighted by atomic mass is 10.0. The van der Waals surface area contributed by atoms with Crippen LogP contribution in [0.2, 0.25) is 5.02 Å². The molecule has 0 saturated heterocycles. The fraction of sp³-hybridized carbons (Fsp3) is 0.136. The van der Waals surface area contributed by atoms with Gasteiger partial charge in [-0.1, -0.05) is 29.8 Å². The number of esters is 1. The molecule has 0 spiro atoms. The van der Waals surface area contributed by atoms with Crippen LogP contribution in [-0.2, 0) is 14.8 Å². The van der Waals surface area contributed by atoms with Gasteiger partial charge in [0.05, 0.1) is 23.4 Å². The van der Waals surface area contributed by atoms with E-state index in [-0.39, 0.29) is 24.5 Å². The van der Waals surface area contributed by atoms with Gasteiger partial charge < -0.3 is 19.3 Å². The number of carbonyl (C=O) groups is 1. The minimum atomic E-state index is -4.58. The van der Waals surface area contributed by atoms with E-state index in [2.05, 4.69) is 4.72 Å². The van der Waals surface area contributed by atoms with Gasteiger partial charge in [0.1, 0.15) is 29.6 Å². The van der Waals surface area contributed by atoms with Gasteiger partial charge in [-0.25, -0.2) is 17.6 Å². The number of phenols is 1. The summed E-state index contributed by atoms with van der Waals surface area (Å²) in [7, 11) is -3.23. The standard InChI is InChI=1S/C22H17ClFNO7S/c1-30-19-11-16(24)17-10-14(19)13-4-2-3-5-18(13)31-6-7-32-22(27)12-8-15(23)21(26)20(9-12)33(28,29)25-17/h2-5,8-11,25-26H,6-7H2,1H3. The number of benzene rings is 3. The lowest BCUT2D eigenvalue weighted by molar-refractivity contribution is 0.0450. The molecule has 2 N–H and O–H groups in total. The molecule has 3 aromatic rings. The second-order valence-electron chi connectivity index (χ2n) is 6.92. The van der Waals surface area contributed by atoms with E-state index in [9.17, 15) is 22.7 Å². The minimum absolute atomic E-state index is 0.0195. The molecule has 4 rings (SSSR count). The number of aromatic hydroxyl groups is 1. The third kappa shape index (κ3) is 4.39. The number of sulfonamides is 1. The zero-order chi connectivity index (χ0) is 23.8. The first-order valence-corrected chi connectivity index (χ1v) is 11.4. The van der Waals surface area contributed by atoms with Crippen LogP contribution in [0, 0.1) is 5.82 Å². The van der Waals surface area contributed by atoms with Gasteiger partial charge in [-0.3, -0.25) is 4.72 Å². The number of methoxy groups -OCH3 is 1. The number of ether oxygens (including phenoxy) is 3. The highest BCUT2D eigenvalue weighted by Crippen LogP contribution is 2.40. The summed E-state index contributed by atoms with van der Waals surface area (Å²) >= 11 is 5.94. The smallest absolute Gasteiger partial charge is 0.338 e. The van der Waals surface area contributed by atoms with E-state index >= 15 is 0 Å². The normalized spacial score (nSPS) is 15.1. The van der Waals surface area contributed by atoms with Crippen LogP contribution in [0.3, 0.4) is 0 Å². The Morgan fingerprint density at radius 1 is 1.09 bits per heavy atom. The van der Waals surface area contributed by atoms with Crippen molar-refractivity contribution in [2.24, 2.45) is 0 Å². The van der Waals surface area contributed by atoms with Gasteiger partial charge in [0.25, 0.3) is 10.0 Å². The lowest BCUT2D eigenvalue weighted by Gasteiger charge is -2.16. The van der Waals surface area contributed by atoms with Gasteiger partial charge in [0.2, 0.25) is 0 Å². The van der Waals surface area contributed by atoms with Crippen LogP contribution in [0.25, 0.3) is 11.1 Å². The highest BCUT2D eigenvalue weighted by molar-refractivity contribution is 7.92. The summed E-state index contributed by atoms with van der Waals surface area (Å²) in [6, 6.07) is 11.0. The molecule has 0 aromatic heterocycles. The van der Waals surface area contributed by atoms with Crippen LogP contribution >= 0.6 is 11.6 Å². The molecule has 1 heterocycles. The molecule has 0 fully saturated rings. The van der Waals surface area contributed by atoms with Gasteiger partial charge in [-0.15, -0.1) is 0 Å².